The van der Waals surface area contributed by atoms with E-state index in [9.17, 15) is 9.59 Å². The number of carboxylic acids is 1. The molecule has 6 nitrogen and oxygen atoms in total. The average Bonchev–Trinajstić information content (AvgIpc) is 2.22. The molecule has 0 fully saturated rings. The van der Waals surface area contributed by atoms with Crippen LogP contribution in [-0.4, -0.2) is 60.3 Å². The third-order valence-corrected chi connectivity index (χ3v) is 2.48. The molecule has 0 rings (SSSR count). The Morgan fingerprint density at radius 2 is 1.72 bits per heavy atom. The Labute approximate surface area is 108 Å². The zero-order valence-corrected chi connectivity index (χ0v) is 11.6. The van der Waals surface area contributed by atoms with Gasteiger partial charge >= 0.3 is 5.97 Å². The molecule has 0 unspecified atom stereocenters. The van der Waals surface area contributed by atoms with Gasteiger partial charge in [0, 0.05) is 25.2 Å². The first kappa shape index (κ1) is 16.9. The largest absolute Gasteiger partial charge is 0.480 e. The SMILES string of the molecule is CC(C)N(CCNC(=O)COCC(=O)O)C(C)C. The summed E-state index contributed by atoms with van der Waals surface area (Å²) < 4.78 is 4.68. The van der Waals surface area contributed by atoms with Gasteiger partial charge in [0.1, 0.15) is 13.2 Å². The van der Waals surface area contributed by atoms with Crippen LogP contribution in [0.2, 0.25) is 0 Å². The van der Waals surface area contributed by atoms with E-state index in [0.717, 1.165) is 6.54 Å². The van der Waals surface area contributed by atoms with Crippen LogP contribution in [0.3, 0.4) is 0 Å². The molecule has 0 atom stereocenters. The molecule has 0 aromatic heterocycles. The first-order valence-electron chi connectivity index (χ1n) is 6.16. The monoisotopic (exact) mass is 260 g/mol. The summed E-state index contributed by atoms with van der Waals surface area (Å²) in [6, 6.07) is 0.843. The summed E-state index contributed by atoms with van der Waals surface area (Å²) in [5, 5.41) is 11.0. The number of carboxylic acid groups (broad SMARTS) is 1. The molecule has 0 saturated heterocycles. The highest BCUT2D eigenvalue weighted by atomic mass is 16.5. The van der Waals surface area contributed by atoms with Crippen molar-refractivity contribution in [3.05, 3.63) is 0 Å². The predicted molar refractivity (Wildman–Crippen MR) is 68.4 cm³/mol. The third-order valence-electron chi connectivity index (χ3n) is 2.48. The number of hydrogen-bond acceptors (Lipinski definition) is 4. The van der Waals surface area contributed by atoms with Crippen molar-refractivity contribution < 1.29 is 19.4 Å². The third kappa shape index (κ3) is 8.03. The smallest absolute Gasteiger partial charge is 0.329 e. The minimum absolute atomic E-state index is 0.213. The lowest BCUT2D eigenvalue weighted by Gasteiger charge is -2.30. The van der Waals surface area contributed by atoms with E-state index >= 15 is 0 Å². The van der Waals surface area contributed by atoms with Crippen LogP contribution >= 0.6 is 0 Å². The molecule has 0 aliphatic rings. The number of hydrogen-bond donors (Lipinski definition) is 2. The van der Waals surface area contributed by atoms with Crippen molar-refractivity contribution in [1.82, 2.24) is 10.2 Å². The lowest BCUT2D eigenvalue weighted by Crippen LogP contribution is -2.43. The van der Waals surface area contributed by atoms with Gasteiger partial charge in [-0.15, -0.1) is 0 Å². The highest BCUT2D eigenvalue weighted by molar-refractivity contribution is 5.77. The van der Waals surface area contributed by atoms with E-state index in [4.69, 9.17) is 5.11 Å². The average molecular weight is 260 g/mol. The first-order valence-corrected chi connectivity index (χ1v) is 6.16. The van der Waals surface area contributed by atoms with Gasteiger partial charge in [-0.2, -0.15) is 0 Å². The number of amides is 1. The fraction of sp³-hybridized carbons (Fsp3) is 0.833. The fourth-order valence-electron chi connectivity index (χ4n) is 1.72. The summed E-state index contributed by atoms with van der Waals surface area (Å²) in [5.74, 6) is -1.36. The zero-order chi connectivity index (χ0) is 14.1. The minimum atomic E-state index is -1.08. The van der Waals surface area contributed by atoms with E-state index in [2.05, 4.69) is 42.6 Å². The maximum Gasteiger partial charge on any atom is 0.329 e. The van der Waals surface area contributed by atoms with Crippen LogP contribution < -0.4 is 5.32 Å². The maximum absolute atomic E-state index is 11.3. The number of nitrogens with one attached hydrogen (secondary N) is 1. The topological polar surface area (TPSA) is 78.9 Å². The molecule has 106 valence electrons. The Balaban J connectivity index is 3.75. The van der Waals surface area contributed by atoms with Crippen LogP contribution in [-0.2, 0) is 14.3 Å². The van der Waals surface area contributed by atoms with Gasteiger partial charge in [-0.3, -0.25) is 9.69 Å². The molecule has 0 aliphatic heterocycles. The molecule has 0 bridgehead atoms. The van der Waals surface area contributed by atoms with Gasteiger partial charge in [0.05, 0.1) is 0 Å². The van der Waals surface area contributed by atoms with Crippen molar-refractivity contribution >= 4 is 11.9 Å². The summed E-state index contributed by atoms with van der Waals surface area (Å²) in [5.41, 5.74) is 0. The predicted octanol–water partition coefficient (Wildman–Crippen LogP) is 0.323. The molecular formula is C12H24N2O4. The second-order valence-electron chi connectivity index (χ2n) is 4.66. The van der Waals surface area contributed by atoms with Crippen LogP contribution in [0, 0.1) is 0 Å². The molecule has 0 radical (unpaired) electrons. The van der Waals surface area contributed by atoms with Crippen LogP contribution in [0.1, 0.15) is 27.7 Å². The Morgan fingerprint density at radius 3 is 2.17 bits per heavy atom. The molecule has 0 aromatic carbocycles. The number of rotatable bonds is 9. The molecule has 6 heteroatoms. The number of nitrogens with zero attached hydrogens (tertiary/aromatic N) is 1. The summed E-state index contributed by atoms with van der Waals surface area (Å²) in [4.78, 5) is 23.7. The minimum Gasteiger partial charge on any atom is -0.480 e. The van der Waals surface area contributed by atoms with Crippen LogP contribution in [0.4, 0.5) is 0 Å². The van der Waals surface area contributed by atoms with Crippen LogP contribution in [0.15, 0.2) is 0 Å². The summed E-state index contributed by atoms with van der Waals surface area (Å²) in [6.45, 7) is 9.07. The van der Waals surface area contributed by atoms with Gasteiger partial charge in [-0.05, 0) is 27.7 Å². The van der Waals surface area contributed by atoms with Crippen LogP contribution in [0.5, 0.6) is 0 Å². The summed E-state index contributed by atoms with van der Waals surface area (Å²) in [6.07, 6.45) is 0. The summed E-state index contributed by atoms with van der Waals surface area (Å²) in [7, 11) is 0. The van der Waals surface area contributed by atoms with Gasteiger partial charge in [0.2, 0.25) is 5.91 Å². The lowest BCUT2D eigenvalue weighted by molar-refractivity contribution is -0.143. The number of ether oxygens (including phenoxy) is 1. The number of aliphatic carboxylic acids is 1. The van der Waals surface area contributed by atoms with Crippen LogP contribution in [0.25, 0.3) is 0 Å². The highest BCUT2D eigenvalue weighted by Gasteiger charge is 2.13. The molecule has 0 heterocycles. The van der Waals surface area contributed by atoms with E-state index < -0.39 is 12.6 Å². The lowest BCUT2D eigenvalue weighted by atomic mass is 10.2. The van der Waals surface area contributed by atoms with Crippen molar-refractivity contribution in [2.45, 2.75) is 39.8 Å². The van der Waals surface area contributed by atoms with Gasteiger partial charge < -0.3 is 15.2 Å². The number of carbonyl (C=O) groups excluding carboxylic acids is 1. The van der Waals surface area contributed by atoms with Crippen molar-refractivity contribution in [3.63, 3.8) is 0 Å². The van der Waals surface area contributed by atoms with E-state index in [1.54, 1.807) is 0 Å². The van der Waals surface area contributed by atoms with Crippen molar-refractivity contribution in [1.29, 1.82) is 0 Å². The molecule has 1 amide bonds. The summed E-state index contributed by atoms with van der Waals surface area (Å²) >= 11 is 0. The van der Waals surface area contributed by atoms with Crippen molar-refractivity contribution in [2.75, 3.05) is 26.3 Å². The fourth-order valence-corrected chi connectivity index (χ4v) is 1.72. The quantitative estimate of drug-likeness (QED) is 0.624. The van der Waals surface area contributed by atoms with Gasteiger partial charge in [0.15, 0.2) is 0 Å². The van der Waals surface area contributed by atoms with Gasteiger partial charge in [-0.25, -0.2) is 4.79 Å². The van der Waals surface area contributed by atoms with E-state index in [1.807, 2.05) is 0 Å². The molecule has 0 aliphatic carbocycles. The standard InChI is InChI=1S/C12H24N2O4/c1-9(2)14(10(3)4)6-5-13-11(15)7-18-8-12(16)17/h9-10H,5-8H2,1-4H3,(H,13,15)(H,16,17). The number of carbonyl (C=O) groups is 2. The van der Waals surface area contributed by atoms with E-state index in [1.165, 1.54) is 0 Å². The van der Waals surface area contributed by atoms with Crippen molar-refractivity contribution in [2.24, 2.45) is 0 Å². The van der Waals surface area contributed by atoms with E-state index in [0.29, 0.717) is 18.6 Å². The Morgan fingerprint density at radius 1 is 1.17 bits per heavy atom. The molecular weight excluding hydrogens is 236 g/mol. The van der Waals surface area contributed by atoms with Gasteiger partial charge in [-0.1, -0.05) is 0 Å². The molecule has 2 N–H and O–H groups in total. The zero-order valence-electron chi connectivity index (χ0n) is 11.6. The second kappa shape index (κ2) is 8.88. The highest BCUT2D eigenvalue weighted by Crippen LogP contribution is 2.03. The Bertz CT molecular complexity index is 259. The van der Waals surface area contributed by atoms with Crippen molar-refractivity contribution in [3.8, 4) is 0 Å². The van der Waals surface area contributed by atoms with Gasteiger partial charge in [0.25, 0.3) is 0 Å². The molecule has 18 heavy (non-hydrogen) atoms. The van der Waals surface area contributed by atoms with E-state index in [-0.39, 0.29) is 12.5 Å². The first-order chi connectivity index (χ1) is 8.34. The Kier molecular flexibility index (Phi) is 8.32. The normalized spacial score (nSPS) is 11.3. The molecule has 0 aromatic rings. The molecule has 0 spiro atoms. The second-order valence-corrected chi connectivity index (χ2v) is 4.66. The Hall–Kier alpha value is -1.14. The maximum atomic E-state index is 11.3. The molecule has 0 saturated carbocycles.